The van der Waals surface area contributed by atoms with Crippen LogP contribution in [0.2, 0.25) is 0 Å². The van der Waals surface area contributed by atoms with Gasteiger partial charge in [0.05, 0.1) is 5.92 Å². The van der Waals surface area contributed by atoms with Crippen molar-refractivity contribution in [3.05, 3.63) is 35.6 Å². The molecule has 110 valence electrons. The standard InChI is InChI=1S/C14H19FN2O3/c1-10(13(18)19)7-8-16-14(20)17(2)9-11-5-3-4-6-12(11)15/h3-6,10H,7-9H2,1-2H3,(H,16,20)(H,18,19). The van der Waals surface area contributed by atoms with Crippen molar-refractivity contribution < 1.29 is 19.1 Å². The van der Waals surface area contributed by atoms with Crippen LogP contribution in [0.1, 0.15) is 18.9 Å². The summed E-state index contributed by atoms with van der Waals surface area (Å²) in [7, 11) is 1.56. The molecule has 0 radical (unpaired) electrons. The maximum absolute atomic E-state index is 13.4. The molecule has 1 aromatic carbocycles. The molecule has 2 N–H and O–H groups in total. The molecule has 0 saturated heterocycles. The molecule has 0 aliphatic rings. The molecule has 1 rings (SSSR count). The van der Waals surface area contributed by atoms with Gasteiger partial charge < -0.3 is 15.3 Å². The SMILES string of the molecule is CC(CCNC(=O)N(C)Cc1ccccc1F)C(=O)O. The minimum Gasteiger partial charge on any atom is -0.481 e. The zero-order valence-electron chi connectivity index (χ0n) is 11.6. The summed E-state index contributed by atoms with van der Waals surface area (Å²) in [6.45, 7) is 2.01. The lowest BCUT2D eigenvalue weighted by molar-refractivity contribution is -0.141. The van der Waals surface area contributed by atoms with Crippen LogP contribution in [0.4, 0.5) is 9.18 Å². The Morgan fingerprint density at radius 1 is 1.40 bits per heavy atom. The van der Waals surface area contributed by atoms with E-state index in [1.807, 2.05) is 0 Å². The second-order valence-electron chi connectivity index (χ2n) is 4.71. The van der Waals surface area contributed by atoms with Crippen LogP contribution in [-0.2, 0) is 11.3 Å². The molecule has 2 amide bonds. The van der Waals surface area contributed by atoms with Crippen molar-refractivity contribution in [1.29, 1.82) is 0 Å². The van der Waals surface area contributed by atoms with E-state index < -0.39 is 11.9 Å². The highest BCUT2D eigenvalue weighted by Gasteiger charge is 2.13. The van der Waals surface area contributed by atoms with Crippen molar-refractivity contribution in [3.8, 4) is 0 Å². The third-order valence-corrected chi connectivity index (χ3v) is 2.99. The van der Waals surface area contributed by atoms with Crippen LogP contribution in [0.3, 0.4) is 0 Å². The van der Waals surface area contributed by atoms with E-state index >= 15 is 0 Å². The fourth-order valence-electron chi connectivity index (χ4n) is 1.61. The van der Waals surface area contributed by atoms with Crippen molar-refractivity contribution >= 4 is 12.0 Å². The van der Waals surface area contributed by atoms with Gasteiger partial charge in [0.15, 0.2) is 0 Å². The number of hydrogen-bond donors (Lipinski definition) is 2. The van der Waals surface area contributed by atoms with Crippen molar-refractivity contribution in [1.82, 2.24) is 10.2 Å². The summed E-state index contributed by atoms with van der Waals surface area (Å²) in [4.78, 5) is 23.7. The van der Waals surface area contributed by atoms with E-state index in [0.29, 0.717) is 12.0 Å². The third-order valence-electron chi connectivity index (χ3n) is 2.99. The molecule has 0 saturated carbocycles. The largest absolute Gasteiger partial charge is 0.481 e. The van der Waals surface area contributed by atoms with Gasteiger partial charge in [0.1, 0.15) is 5.82 Å². The molecule has 1 aromatic rings. The average Bonchev–Trinajstić information content (AvgIpc) is 2.40. The van der Waals surface area contributed by atoms with Gasteiger partial charge in [0.25, 0.3) is 0 Å². The minimum atomic E-state index is -0.890. The number of carboxylic acid groups (broad SMARTS) is 1. The Hall–Kier alpha value is -2.11. The van der Waals surface area contributed by atoms with Crippen LogP contribution < -0.4 is 5.32 Å². The molecule has 0 aromatic heterocycles. The van der Waals surface area contributed by atoms with Gasteiger partial charge in [-0.05, 0) is 12.5 Å². The molecule has 20 heavy (non-hydrogen) atoms. The average molecular weight is 282 g/mol. The summed E-state index contributed by atoms with van der Waals surface area (Å²) < 4.78 is 13.4. The van der Waals surface area contributed by atoms with E-state index in [1.165, 1.54) is 11.0 Å². The van der Waals surface area contributed by atoms with E-state index in [1.54, 1.807) is 32.2 Å². The summed E-state index contributed by atoms with van der Waals surface area (Å²) in [6, 6.07) is 5.90. The maximum atomic E-state index is 13.4. The minimum absolute atomic E-state index is 0.160. The first-order valence-corrected chi connectivity index (χ1v) is 6.37. The summed E-state index contributed by atoms with van der Waals surface area (Å²) in [5.41, 5.74) is 0.434. The van der Waals surface area contributed by atoms with Gasteiger partial charge in [0, 0.05) is 25.7 Å². The van der Waals surface area contributed by atoms with Crippen LogP contribution in [0.15, 0.2) is 24.3 Å². The lowest BCUT2D eigenvalue weighted by atomic mass is 10.1. The van der Waals surface area contributed by atoms with Gasteiger partial charge in [-0.1, -0.05) is 25.1 Å². The van der Waals surface area contributed by atoms with Gasteiger partial charge in [-0.2, -0.15) is 0 Å². The van der Waals surface area contributed by atoms with Crippen LogP contribution in [0.25, 0.3) is 0 Å². The maximum Gasteiger partial charge on any atom is 0.317 e. The molecule has 0 spiro atoms. The Morgan fingerprint density at radius 3 is 2.65 bits per heavy atom. The predicted octanol–water partition coefficient (Wildman–Crippen LogP) is 2.08. The molecule has 1 unspecified atom stereocenters. The number of nitrogens with one attached hydrogen (secondary N) is 1. The smallest absolute Gasteiger partial charge is 0.317 e. The van der Waals surface area contributed by atoms with Crippen LogP contribution >= 0.6 is 0 Å². The van der Waals surface area contributed by atoms with Gasteiger partial charge in [-0.15, -0.1) is 0 Å². The summed E-state index contributed by atoms with van der Waals surface area (Å²) in [6.07, 6.45) is 0.356. The normalized spacial score (nSPS) is 11.8. The Morgan fingerprint density at radius 2 is 2.05 bits per heavy atom. The lowest BCUT2D eigenvalue weighted by Crippen LogP contribution is -2.38. The predicted molar refractivity (Wildman–Crippen MR) is 72.7 cm³/mol. The molecular weight excluding hydrogens is 263 g/mol. The number of carboxylic acids is 1. The lowest BCUT2D eigenvalue weighted by Gasteiger charge is -2.18. The third kappa shape index (κ3) is 4.87. The molecule has 0 fully saturated rings. The number of benzene rings is 1. The number of halogens is 1. The van der Waals surface area contributed by atoms with E-state index in [-0.39, 0.29) is 24.9 Å². The topological polar surface area (TPSA) is 69.6 Å². The van der Waals surface area contributed by atoms with E-state index in [4.69, 9.17) is 5.11 Å². The number of aliphatic carboxylic acids is 1. The van der Waals surface area contributed by atoms with Crippen LogP contribution in [-0.4, -0.2) is 35.6 Å². The first-order valence-electron chi connectivity index (χ1n) is 6.37. The van der Waals surface area contributed by atoms with Crippen molar-refractivity contribution in [2.24, 2.45) is 5.92 Å². The second kappa shape index (κ2) is 7.47. The summed E-state index contributed by atoms with van der Waals surface area (Å²) >= 11 is 0. The number of carbonyl (C=O) groups excluding carboxylic acids is 1. The zero-order valence-corrected chi connectivity index (χ0v) is 11.6. The highest BCUT2D eigenvalue weighted by molar-refractivity contribution is 5.74. The Balaban J connectivity index is 2.40. The molecular formula is C14H19FN2O3. The van der Waals surface area contributed by atoms with Gasteiger partial charge in [-0.3, -0.25) is 4.79 Å². The number of carbonyl (C=O) groups is 2. The molecule has 0 bridgehead atoms. The van der Waals surface area contributed by atoms with E-state index in [2.05, 4.69) is 5.32 Å². The van der Waals surface area contributed by atoms with Crippen LogP contribution in [0, 0.1) is 11.7 Å². The molecule has 0 aliphatic heterocycles. The highest BCUT2D eigenvalue weighted by Crippen LogP contribution is 2.09. The Kier molecular flexibility index (Phi) is 5.96. The highest BCUT2D eigenvalue weighted by atomic mass is 19.1. The molecule has 6 heteroatoms. The van der Waals surface area contributed by atoms with E-state index in [9.17, 15) is 14.0 Å². The molecule has 5 nitrogen and oxygen atoms in total. The fraction of sp³-hybridized carbons (Fsp3) is 0.429. The van der Waals surface area contributed by atoms with Gasteiger partial charge in [0.2, 0.25) is 0 Å². The number of urea groups is 1. The quantitative estimate of drug-likeness (QED) is 0.839. The van der Waals surface area contributed by atoms with Crippen LogP contribution in [0.5, 0.6) is 0 Å². The number of hydrogen-bond acceptors (Lipinski definition) is 2. The van der Waals surface area contributed by atoms with Crippen molar-refractivity contribution in [3.63, 3.8) is 0 Å². The molecule has 0 aliphatic carbocycles. The molecule has 1 atom stereocenters. The van der Waals surface area contributed by atoms with Crippen molar-refractivity contribution in [2.45, 2.75) is 19.9 Å². The molecule has 0 heterocycles. The summed E-state index contributed by atoms with van der Waals surface area (Å²) in [5.74, 6) is -1.75. The monoisotopic (exact) mass is 282 g/mol. The van der Waals surface area contributed by atoms with Crippen molar-refractivity contribution in [2.75, 3.05) is 13.6 Å². The number of nitrogens with zero attached hydrogens (tertiary/aromatic N) is 1. The number of amides is 2. The van der Waals surface area contributed by atoms with Gasteiger partial charge in [-0.25, -0.2) is 9.18 Å². The first kappa shape index (κ1) is 15.9. The fourth-order valence-corrected chi connectivity index (χ4v) is 1.61. The number of rotatable bonds is 6. The summed E-state index contributed by atoms with van der Waals surface area (Å²) in [5, 5.41) is 11.3. The Bertz CT molecular complexity index is 479. The van der Waals surface area contributed by atoms with Gasteiger partial charge >= 0.3 is 12.0 Å². The van der Waals surface area contributed by atoms with E-state index in [0.717, 1.165) is 0 Å². The first-order chi connectivity index (χ1) is 9.41. The second-order valence-corrected chi connectivity index (χ2v) is 4.71. The zero-order chi connectivity index (χ0) is 15.1. The Labute approximate surface area is 117 Å².